The molecule has 0 saturated carbocycles. The van der Waals surface area contributed by atoms with Gasteiger partial charge in [0.2, 0.25) is 0 Å². The number of ether oxygens (including phenoxy) is 1. The van der Waals surface area contributed by atoms with E-state index in [9.17, 15) is 0 Å². The lowest BCUT2D eigenvalue weighted by atomic mass is 9.95. The van der Waals surface area contributed by atoms with Gasteiger partial charge in [0.05, 0.1) is 0 Å². The molecule has 110 valence electrons. The van der Waals surface area contributed by atoms with Crippen LogP contribution in [0.4, 0.5) is 0 Å². The summed E-state index contributed by atoms with van der Waals surface area (Å²) < 4.78 is 6.20. The molecule has 1 aromatic carbocycles. The van der Waals surface area contributed by atoms with Gasteiger partial charge in [0.15, 0.2) is 0 Å². The summed E-state index contributed by atoms with van der Waals surface area (Å²) in [5.74, 6) is 1.08. The first-order valence-electron chi connectivity index (χ1n) is 6.98. The molecule has 2 atom stereocenters. The second-order valence-corrected chi connectivity index (χ2v) is 5.92. The lowest BCUT2D eigenvalue weighted by Gasteiger charge is -2.25. The van der Waals surface area contributed by atoms with Gasteiger partial charge in [0, 0.05) is 24.6 Å². The molecule has 2 heterocycles. The molecule has 1 saturated heterocycles. The molecule has 1 aromatic heterocycles. The fourth-order valence-electron chi connectivity index (χ4n) is 2.67. The van der Waals surface area contributed by atoms with E-state index in [2.05, 4.69) is 22.4 Å². The Bertz CT molecular complexity index is 580. The Kier molecular flexibility index (Phi) is 4.63. The summed E-state index contributed by atoms with van der Waals surface area (Å²) in [6, 6.07) is 13.6. The van der Waals surface area contributed by atoms with Crippen molar-refractivity contribution in [1.29, 1.82) is 0 Å². The molecule has 1 aliphatic rings. The number of nitrogens with one attached hydrogen (secondary N) is 1. The summed E-state index contributed by atoms with van der Waals surface area (Å²) in [5.41, 5.74) is 1.16. The Morgan fingerprint density at radius 3 is 2.48 bits per heavy atom. The number of halogens is 2. The van der Waals surface area contributed by atoms with E-state index in [1.165, 1.54) is 0 Å². The number of aromatic nitrogens is 1. The molecule has 21 heavy (non-hydrogen) atoms. The number of nitrogens with zero attached hydrogens (tertiary/aromatic N) is 1. The summed E-state index contributed by atoms with van der Waals surface area (Å²) in [7, 11) is 0. The van der Waals surface area contributed by atoms with Gasteiger partial charge >= 0.3 is 0 Å². The fraction of sp³-hybridized carbons (Fsp3) is 0.312. The Hall–Kier alpha value is -1.29. The van der Waals surface area contributed by atoms with Gasteiger partial charge in [-0.05, 0) is 18.5 Å². The molecule has 0 amide bonds. The maximum Gasteiger partial charge on any atom is 0.134 e. The van der Waals surface area contributed by atoms with Crippen LogP contribution in [-0.4, -0.2) is 18.1 Å². The van der Waals surface area contributed by atoms with E-state index >= 15 is 0 Å². The second kappa shape index (κ2) is 6.65. The number of benzene rings is 1. The number of hydrogen-bond acceptors (Lipinski definition) is 3. The molecule has 0 bridgehead atoms. The van der Waals surface area contributed by atoms with E-state index in [1.54, 1.807) is 12.1 Å². The van der Waals surface area contributed by atoms with Crippen molar-refractivity contribution in [2.45, 2.75) is 12.5 Å². The highest BCUT2D eigenvalue weighted by Crippen LogP contribution is 2.33. The topological polar surface area (TPSA) is 34.1 Å². The van der Waals surface area contributed by atoms with Crippen LogP contribution < -0.4 is 10.1 Å². The van der Waals surface area contributed by atoms with Gasteiger partial charge in [-0.3, -0.25) is 0 Å². The molecule has 3 nitrogen and oxygen atoms in total. The van der Waals surface area contributed by atoms with Crippen LogP contribution in [0.25, 0.3) is 0 Å². The van der Waals surface area contributed by atoms with Crippen LogP contribution in [0.5, 0.6) is 5.75 Å². The maximum atomic E-state index is 6.20. The van der Waals surface area contributed by atoms with E-state index in [-0.39, 0.29) is 6.10 Å². The van der Waals surface area contributed by atoms with Crippen LogP contribution in [0.2, 0.25) is 10.3 Å². The molecule has 3 rings (SSSR count). The minimum Gasteiger partial charge on any atom is -0.485 e. The largest absolute Gasteiger partial charge is 0.485 e. The minimum atomic E-state index is -0.0178. The van der Waals surface area contributed by atoms with Gasteiger partial charge in [0.1, 0.15) is 22.2 Å². The molecule has 1 fully saturated rings. The molecule has 0 unspecified atom stereocenters. The molecule has 0 radical (unpaired) electrons. The molecular weight excluding hydrogens is 307 g/mol. The van der Waals surface area contributed by atoms with Crippen LogP contribution in [0, 0.1) is 5.92 Å². The Morgan fingerprint density at radius 2 is 1.86 bits per heavy atom. The lowest BCUT2D eigenvalue weighted by Crippen LogP contribution is -2.21. The fourth-order valence-corrected chi connectivity index (χ4v) is 3.11. The molecule has 1 N–H and O–H groups in total. The Balaban J connectivity index is 1.88. The van der Waals surface area contributed by atoms with Gasteiger partial charge in [0.25, 0.3) is 0 Å². The minimum absolute atomic E-state index is 0.0178. The predicted molar refractivity (Wildman–Crippen MR) is 85.0 cm³/mol. The van der Waals surface area contributed by atoms with Gasteiger partial charge < -0.3 is 10.1 Å². The van der Waals surface area contributed by atoms with Crippen LogP contribution in [0.3, 0.4) is 0 Å². The normalized spacial score (nSPS) is 19.4. The van der Waals surface area contributed by atoms with Gasteiger partial charge in [-0.25, -0.2) is 4.98 Å². The Labute approximate surface area is 134 Å². The first kappa shape index (κ1) is 14.6. The zero-order valence-electron chi connectivity index (χ0n) is 11.4. The van der Waals surface area contributed by atoms with Crippen molar-refractivity contribution in [3.05, 3.63) is 58.3 Å². The first-order chi connectivity index (χ1) is 10.2. The highest BCUT2D eigenvalue weighted by Gasteiger charge is 2.28. The number of pyridine rings is 1. The molecule has 2 aromatic rings. The van der Waals surface area contributed by atoms with Crippen LogP contribution in [0.1, 0.15) is 18.1 Å². The van der Waals surface area contributed by atoms with Crippen molar-refractivity contribution in [1.82, 2.24) is 10.3 Å². The quantitative estimate of drug-likeness (QED) is 0.860. The average molecular weight is 323 g/mol. The van der Waals surface area contributed by atoms with E-state index < -0.39 is 0 Å². The van der Waals surface area contributed by atoms with E-state index in [1.807, 2.05) is 18.2 Å². The van der Waals surface area contributed by atoms with Crippen molar-refractivity contribution in [2.75, 3.05) is 13.1 Å². The zero-order chi connectivity index (χ0) is 14.7. The van der Waals surface area contributed by atoms with E-state index in [0.717, 1.165) is 25.1 Å². The predicted octanol–water partition coefficient (Wildman–Crippen LogP) is 4.12. The van der Waals surface area contributed by atoms with Crippen molar-refractivity contribution in [3.63, 3.8) is 0 Å². The van der Waals surface area contributed by atoms with Crippen molar-refractivity contribution < 1.29 is 4.74 Å². The monoisotopic (exact) mass is 322 g/mol. The summed E-state index contributed by atoms with van der Waals surface area (Å²) in [6.07, 6.45) is 1.07. The molecule has 1 aliphatic heterocycles. The molecule has 0 spiro atoms. The van der Waals surface area contributed by atoms with Crippen LogP contribution in [0.15, 0.2) is 42.5 Å². The third kappa shape index (κ3) is 3.67. The summed E-state index contributed by atoms with van der Waals surface area (Å²) in [6.45, 7) is 1.97. The van der Waals surface area contributed by atoms with E-state index in [0.29, 0.717) is 22.0 Å². The third-order valence-corrected chi connectivity index (χ3v) is 4.04. The van der Waals surface area contributed by atoms with Gasteiger partial charge in [-0.15, -0.1) is 0 Å². The van der Waals surface area contributed by atoms with Crippen LogP contribution in [-0.2, 0) is 0 Å². The second-order valence-electron chi connectivity index (χ2n) is 5.15. The van der Waals surface area contributed by atoms with Crippen molar-refractivity contribution >= 4 is 23.2 Å². The summed E-state index contributed by atoms with van der Waals surface area (Å²) >= 11 is 11.9. The molecule has 0 aliphatic carbocycles. The third-order valence-electron chi connectivity index (χ3n) is 3.65. The van der Waals surface area contributed by atoms with Crippen molar-refractivity contribution in [2.24, 2.45) is 5.92 Å². The van der Waals surface area contributed by atoms with E-state index in [4.69, 9.17) is 27.9 Å². The SMILES string of the molecule is Clc1cc(O[C@H](c2ccccc2)[C@@H]2CCNC2)cc(Cl)n1. The molecule has 5 heteroatoms. The number of rotatable bonds is 4. The average Bonchev–Trinajstić information content (AvgIpc) is 2.98. The Morgan fingerprint density at radius 1 is 1.14 bits per heavy atom. The number of hydrogen-bond donors (Lipinski definition) is 1. The summed E-state index contributed by atoms with van der Waals surface area (Å²) in [5, 5.41) is 4.07. The summed E-state index contributed by atoms with van der Waals surface area (Å²) in [4.78, 5) is 3.95. The van der Waals surface area contributed by atoms with Crippen LogP contribution >= 0.6 is 23.2 Å². The molecular formula is C16H16Cl2N2O. The standard InChI is InChI=1S/C16H16Cl2N2O/c17-14-8-13(9-15(18)20-14)21-16(12-6-7-19-10-12)11-4-2-1-3-5-11/h1-5,8-9,12,16,19H,6-7,10H2/t12-,16-/m1/s1. The van der Waals surface area contributed by atoms with Crippen molar-refractivity contribution in [3.8, 4) is 5.75 Å². The van der Waals surface area contributed by atoms with Gasteiger partial charge in [-0.2, -0.15) is 0 Å². The van der Waals surface area contributed by atoms with Gasteiger partial charge in [-0.1, -0.05) is 53.5 Å². The smallest absolute Gasteiger partial charge is 0.134 e. The highest BCUT2D eigenvalue weighted by molar-refractivity contribution is 6.32. The highest BCUT2D eigenvalue weighted by atomic mass is 35.5. The zero-order valence-corrected chi connectivity index (χ0v) is 12.9. The maximum absolute atomic E-state index is 6.20. The lowest BCUT2D eigenvalue weighted by molar-refractivity contribution is 0.144. The first-order valence-corrected chi connectivity index (χ1v) is 7.73.